The predicted molar refractivity (Wildman–Crippen MR) is 122 cm³/mol. The first kappa shape index (κ1) is 19.3. The summed E-state index contributed by atoms with van der Waals surface area (Å²) in [7, 11) is 0. The molecule has 3 aliphatic rings. The van der Waals surface area contributed by atoms with Crippen molar-refractivity contribution in [2.45, 2.75) is 13.0 Å². The van der Waals surface area contributed by atoms with Crippen molar-refractivity contribution in [3.8, 4) is 5.75 Å². The van der Waals surface area contributed by atoms with Crippen LogP contribution in [-0.4, -0.2) is 66.7 Å². The molecule has 5 nitrogen and oxygen atoms in total. The van der Waals surface area contributed by atoms with Crippen molar-refractivity contribution >= 4 is 10.9 Å². The summed E-state index contributed by atoms with van der Waals surface area (Å²) in [5.74, 6) is 1.46. The van der Waals surface area contributed by atoms with E-state index in [0.29, 0.717) is 18.6 Å². The maximum absolute atomic E-state index is 6.12. The van der Waals surface area contributed by atoms with Gasteiger partial charge in [0.05, 0.1) is 11.6 Å². The molecular weight excluding hydrogens is 372 g/mol. The van der Waals surface area contributed by atoms with Gasteiger partial charge in [0.25, 0.3) is 0 Å². The first-order valence-corrected chi connectivity index (χ1v) is 11.0. The average molecular weight is 403 g/mol. The van der Waals surface area contributed by atoms with Gasteiger partial charge in [-0.25, -0.2) is 0 Å². The Balaban J connectivity index is 1.08. The quantitative estimate of drug-likeness (QED) is 0.804. The summed E-state index contributed by atoms with van der Waals surface area (Å²) < 4.78 is 6.12. The third kappa shape index (κ3) is 4.27. The molecule has 5 heteroatoms. The minimum atomic E-state index is 0.465. The van der Waals surface area contributed by atoms with Crippen molar-refractivity contribution < 1.29 is 4.74 Å². The summed E-state index contributed by atoms with van der Waals surface area (Å²) >= 11 is 0. The second-order valence-corrected chi connectivity index (χ2v) is 8.47. The van der Waals surface area contributed by atoms with E-state index in [9.17, 15) is 0 Å². The van der Waals surface area contributed by atoms with Gasteiger partial charge in [0, 0.05) is 56.3 Å². The Morgan fingerprint density at radius 1 is 1.07 bits per heavy atom. The van der Waals surface area contributed by atoms with Crippen LogP contribution < -0.4 is 10.1 Å². The van der Waals surface area contributed by atoms with E-state index in [-0.39, 0.29) is 0 Å². The lowest BCUT2D eigenvalue weighted by atomic mass is 9.93. The van der Waals surface area contributed by atoms with Gasteiger partial charge in [0.2, 0.25) is 0 Å². The molecule has 2 aliphatic heterocycles. The summed E-state index contributed by atoms with van der Waals surface area (Å²) in [6.45, 7) is 9.19. The fraction of sp³-hybridized carbons (Fsp3) is 0.400. The Morgan fingerprint density at radius 3 is 2.83 bits per heavy atom. The topological polar surface area (TPSA) is 40.6 Å². The number of piperazine rings is 1. The molecule has 2 aromatic rings. The molecule has 0 amide bonds. The average Bonchev–Trinajstić information content (AvgIpc) is 3.23. The molecule has 1 N–H and O–H groups in total. The maximum atomic E-state index is 6.12. The third-order valence-electron chi connectivity index (χ3n) is 6.31. The first-order valence-electron chi connectivity index (χ1n) is 11.0. The van der Waals surface area contributed by atoms with Gasteiger partial charge in [-0.1, -0.05) is 30.4 Å². The number of pyridine rings is 1. The molecule has 0 saturated carbocycles. The van der Waals surface area contributed by atoms with E-state index < -0.39 is 0 Å². The molecule has 5 rings (SSSR count). The van der Waals surface area contributed by atoms with E-state index in [1.54, 1.807) is 0 Å². The zero-order chi connectivity index (χ0) is 20.3. The zero-order valence-corrected chi connectivity index (χ0v) is 17.6. The zero-order valence-electron chi connectivity index (χ0n) is 17.6. The minimum Gasteiger partial charge on any atom is -0.492 e. The van der Waals surface area contributed by atoms with E-state index >= 15 is 0 Å². The van der Waals surface area contributed by atoms with Gasteiger partial charge in [-0.05, 0) is 43.0 Å². The maximum Gasteiger partial charge on any atom is 0.128 e. The number of rotatable bonds is 6. The third-order valence-corrected chi connectivity index (χ3v) is 6.31. The predicted octanol–water partition coefficient (Wildman–Crippen LogP) is 3.14. The molecule has 156 valence electrons. The van der Waals surface area contributed by atoms with E-state index in [1.165, 1.54) is 5.57 Å². The molecule has 1 aliphatic carbocycles. The van der Waals surface area contributed by atoms with E-state index in [2.05, 4.69) is 56.7 Å². The van der Waals surface area contributed by atoms with Crippen molar-refractivity contribution in [1.82, 2.24) is 20.1 Å². The van der Waals surface area contributed by atoms with E-state index in [4.69, 9.17) is 4.74 Å². The lowest BCUT2D eigenvalue weighted by molar-refractivity contribution is 0.124. The highest BCUT2D eigenvalue weighted by molar-refractivity contribution is 5.85. The molecule has 1 aromatic carbocycles. The van der Waals surface area contributed by atoms with Crippen LogP contribution in [0, 0.1) is 12.8 Å². The number of fused-ring (bicyclic) bond motifs is 2. The van der Waals surface area contributed by atoms with Crippen LogP contribution >= 0.6 is 0 Å². The second-order valence-electron chi connectivity index (χ2n) is 8.47. The number of nitrogens with zero attached hydrogens (tertiary/aromatic N) is 3. The number of aryl methyl sites for hydroxylation is 1. The normalized spacial score (nSPS) is 24.0. The monoisotopic (exact) mass is 402 g/mol. The Bertz CT molecular complexity index is 988. The molecular formula is C25H30N4O. The fourth-order valence-electron chi connectivity index (χ4n) is 4.56. The van der Waals surface area contributed by atoms with Crippen molar-refractivity contribution in [3.05, 3.63) is 72.1 Å². The minimum absolute atomic E-state index is 0.465. The molecule has 30 heavy (non-hydrogen) atoms. The highest BCUT2D eigenvalue weighted by Gasteiger charge is 2.23. The van der Waals surface area contributed by atoms with Gasteiger partial charge in [-0.3, -0.25) is 14.8 Å². The Morgan fingerprint density at radius 2 is 1.93 bits per heavy atom. The molecule has 0 spiro atoms. The van der Waals surface area contributed by atoms with Crippen LogP contribution in [0.25, 0.3) is 10.9 Å². The first-order chi connectivity index (χ1) is 14.7. The molecule has 0 radical (unpaired) electrons. The summed E-state index contributed by atoms with van der Waals surface area (Å²) in [6.07, 6.45) is 11.4. The van der Waals surface area contributed by atoms with Gasteiger partial charge < -0.3 is 10.1 Å². The summed E-state index contributed by atoms with van der Waals surface area (Å²) in [4.78, 5) is 9.67. The van der Waals surface area contributed by atoms with Crippen molar-refractivity contribution in [2.24, 2.45) is 5.92 Å². The van der Waals surface area contributed by atoms with Crippen LogP contribution in [0.3, 0.4) is 0 Å². The largest absolute Gasteiger partial charge is 0.492 e. The molecule has 3 heterocycles. The number of hydrogen-bond donors (Lipinski definition) is 1. The number of aromatic nitrogens is 1. The summed E-state index contributed by atoms with van der Waals surface area (Å²) in [5, 5.41) is 4.48. The summed E-state index contributed by atoms with van der Waals surface area (Å²) in [6, 6.07) is 10.7. The van der Waals surface area contributed by atoms with Crippen molar-refractivity contribution in [1.29, 1.82) is 0 Å². The Hall–Kier alpha value is -2.63. The van der Waals surface area contributed by atoms with Gasteiger partial charge in [0.15, 0.2) is 0 Å². The van der Waals surface area contributed by atoms with E-state index in [1.807, 2.05) is 31.2 Å². The van der Waals surface area contributed by atoms with Crippen LogP contribution in [0.15, 0.2) is 66.4 Å². The molecule has 1 saturated heterocycles. The molecule has 2 unspecified atom stereocenters. The Labute approximate surface area is 178 Å². The lowest BCUT2D eigenvalue weighted by Crippen LogP contribution is -2.48. The molecule has 1 aromatic heterocycles. The number of nitrogens with one attached hydrogen (secondary N) is 1. The second kappa shape index (κ2) is 8.62. The highest BCUT2D eigenvalue weighted by atomic mass is 16.5. The molecule has 2 atom stereocenters. The van der Waals surface area contributed by atoms with Crippen LogP contribution in [0.1, 0.15) is 5.69 Å². The van der Waals surface area contributed by atoms with Gasteiger partial charge in [0.1, 0.15) is 12.4 Å². The van der Waals surface area contributed by atoms with Gasteiger partial charge in [-0.15, -0.1) is 0 Å². The van der Waals surface area contributed by atoms with Crippen LogP contribution in [0.2, 0.25) is 0 Å². The standard InChI is InChI=1S/C25H30N4O/c1-19-5-7-22-24(27-19)3-2-4-25(22)30-16-15-28-11-13-29(14-12-28)18-20-6-8-23-21(17-20)9-10-26-23/h2-10,17,21,23,26H,11-16,18H2,1H3. The van der Waals surface area contributed by atoms with Crippen molar-refractivity contribution in [2.75, 3.05) is 45.9 Å². The smallest absolute Gasteiger partial charge is 0.128 e. The molecule has 0 bridgehead atoms. The fourth-order valence-corrected chi connectivity index (χ4v) is 4.56. The SMILES string of the molecule is Cc1ccc2c(OCCN3CCN(CC4=CC5C=CNC5C=C4)CC3)cccc2n1. The molecule has 1 fully saturated rings. The Kier molecular flexibility index (Phi) is 5.56. The highest BCUT2D eigenvalue weighted by Crippen LogP contribution is 2.25. The van der Waals surface area contributed by atoms with Crippen LogP contribution in [0.4, 0.5) is 0 Å². The van der Waals surface area contributed by atoms with Crippen molar-refractivity contribution in [3.63, 3.8) is 0 Å². The van der Waals surface area contributed by atoms with Crippen LogP contribution in [-0.2, 0) is 0 Å². The van der Waals surface area contributed by atoms with Gasteiger partial charge >= 0.3 is 0 Å². The van der Waals surface area contributed by atoms with Gasteiger partial charge in [-0.2, -0.15) is 0 Å². The lowest BCUT2D eigenvalue weighted by Gasteiger charge is -2.35. The van der Waals surface area contributed by atoms with Crippen LogP contribution in [0.5, 0.6) is 5.75 Å². The number of ether oxygens (including phenoxy) is 1. The van der Waals surface area contributed by atoms with E-state index in [0.717, 1.165) is 61.6 Å². The number of hydrogen-bond acceptors (Lipinski definition) is 5. The summed E-state index contributed by atoms with van der Waals surface area (Å²) in [5.41, 5.74) is 3.48. The number of benzene rings is 1.